The highest BCUT2D eigenvalue weighted by Crippen LogP contribution is 2.34. The lowest BCUT2D eigenvalue weighted by atomic mass is 10.1. The Morgan fingerprint density at radius 1 is 0.943 bits per heavy atom. The molecule has 0 aliphatic heterocycles. The van der Waals surface area contributed by atoms with E-state index in [1.807, 2.05) is 24.4 Å². The molecule has 2 aromatic carbocycles. The van der Waals surface area contributed by atoms with Crippen molar-refractivity contribution in [3.8, 4) is 5.75 Å². The van der Waals surface area contributed by atoms with E-state index in [9.17, 15) is 4.79 Å². The summed E-state index contributed by atoms with van der Waals surface area (Å²) in [5, 5.41) is 0.790. The van der Waals surface area contributed by atoms with E-state index in [2.05, 4.69) is 60.1 Å². The molecule has 0 amide bonds. The van der Waals surface area contributed by atoms with Crippen molar-refractivity contribution in [1.82, 2.24) is 18.9 Å². The lowest BCUT2D eigenvalue weighted by Crippen LogP contribution is -2.07. The zero-order valence-corrected chi connectivity index (χ0v) is 20.8. The third-order valence-electron chi connectivity index (χ3n) is 6.48. The number of benzene rings is 2. The maximum atomic E-state index is 12.7. The average Bonchev–Trinajstić information content (AvgIpc) is 3.41. The minimum absolute atomic E-state index is 0.217. The van der Waals surface area contributed by atoms with Gasteiger partial charge >= 0.3 is 5.97 Å². The quantitative estimate of drug-likeness (QED) is 0.228. The Bertz CT molecular complexity index is 1490. The molecule has 0 spiro atoms. The van der Waals surface area contributed by atoms with E-state index in [4.69, 9.17) is 14.7 Å². The zero-order chi connectivity index (χ0) is 24.4. The summed E-state index contributed by atoms with van der Waals surface area (Å²) in [5.41, 5.74) is 5.93. The number of imidazole rings is 1. The van der Waals surface area contributed by atoms with E-state index in [1.165, 1.54) is 11.1 Å². The van der Waals surface area contributed by atoms with Gasteiger partial charge in [-0.05, 0) is 37.5 Å². The summed E-state index contributed by atoms with van der Waals surface area (Å²) in [4.78, 5) is 22.8. The van der Waals surface area contributed by atoms with Gasteiger partial charge in [0.25, 0.3) is 0 Å². The fourth-order valence-corrected chi connectivity index (χ4v) is 4.56. The van der Waals surface area contributed by atoms with E-state index in [0.29, 0.717) is 18.7 Å². The summed E-state index contributed by atoms with van der Waals surface area (Å²) < 4.78 is 10.2. The van der Waals surface area contributed by atoms with Gasteiger partial charge in [0.15, 0.2) is 11.4 Å². The Hall–Kier alpha value is -3.67. The molecule has 0 fully saturated rings. The van der Waals surface area contributed by atoms with E-state index >= 15 is 0 Å². The maximum absolute atomic E-state index is 12.7. The van der Waals surface area contributed by atoms with E-state index in [1.54, 1.807) is 0 Å². The van der Waals surface area contributed by atoms with Gasteiger partial charge in [-0.3, -0.25) is 9.20 Å². The van der Waals surface area contributed by atoms with Gasteiger partial charge in [0, 0.05) is 25.6 Å². The summed E-state index contributed by atoms with van der Waals surface area (Å²) in [6.45, 7) is 6.99. The van der Waals surface area contributed by atoms with Gasteiger partial charge in [-0.2, -0.15) is 0 Å². The largest absolute Gasteiger partial charge is 0.424 e. The Labute approximate surface area is 205 Å². The summed E-state index contributed by atoms with van der Waals surface area (Å²) in [7, 11) is 0. The molecule has 3 aromatic heterocycles. The second-order valence-corrected chi connectivity index (χ2v) is 9.27. The van der Waals surface area contributed by atoms with Crippen LogP contribution in [0.5, 0.6) is 5.75 Å². The van der Waals surface area contributed by atoms with Crippen molar-refractivity contribution in [1.29, 1.82) is 0 Å². The van der Waals surface area contributed by atoms with Crippen LogP contribution in [0.1, 0.15) is 62.9 Å². The molecule has 0 saturated heterocycles. The number of carbonyl (C=O) groups excluding carboxylic acids is 1. The predicted molar refractivity (Wildman–Crippen MR) is 140 cm³/mol. The molecule has 0 unspecified atom stereocenters. The lowest BCUT2D eigenvalue weighted by molar-refractivity contribution is -0.134. The molecular weight excluding hydrogens is 436 g/mol. The molecule has 0 aliphatic rings. The molecule has 180 valence electrons. The number of unbranched alkanes of at least 4 members (excludes halogenated alkanes) is 2. The van der Waals surface area contributed by atoms with Crippen molar-refractivity contribution >= 4 is 33.7 Å². The lowest BCUT2D eigenvalue weighted by Gasteiger charge is -2.10. The summed E-state index contributed by atoms with van der Waals surface area (Å²) in [6.07, 6.45) is 7.05. The van der Waals surface area contributed by atoms with Crippen molar-refractivity contribution in [3.63, 3.8) is 0 Å². The predicted octanol–water partition coefficient (Wildman–Crippen LogP) is 6.63. The van der Waals surface area contributed by atoms with Gasteiger partial charge in [-0.1, -0.05) is 68.7 Å². The van der Waals surface area contributed by atoms with Gasteiger partial charge in [0.05, 0.1) is 11.0 Å². The Kier molecular flexibility index (Phi) is 6.53. The second-order valence-electron chi connectivity index (χ2n) is 9.27. The third kappa shape index (κ3) is 4.53. The zero-order valence-electron chi connectivity index (χ0n) is 20.8. The van der Waals surface area contributed by atoms with Crippen LogP contribution >= 0.6 is 0 Å². The first kappa shape index (κ1) is 23.1. The van der Waals surface area contributed by atoms with Gasteiger partial charge in [0.2, 0.25) is 0 Å². The van der Waals surface area contributed by atoms with Crippen LogP contribution in [0.25, 0.3) is 27.7 Å². The molecule has 6 nitrogen and oxygen atoms in total. The highest BCUT2D eigenvalue weighted by Gasteiger charge is 2.22. The minimum atomic E-state index is -0.217. The average molecular weight is 469 g/mol. The van der Waals surface area contributed by atoms with Gasteiger partial charge in [-0.15, -0.1) is 0 Å². The number of hydrogen-bond donors (Lipinski definition) is 0. The van der Waals surface area contributed by atoms with E-state index < -0.39 is 0 Å². The van der Waals surface area contributed by atoms with Crippen LogP contribution in [-0.4, -0.2) is 24.9 Å². The van der Waals surface area contributed by atoms with Crippen LogP contribution in [0.3, 0.4) is 0 Å². The molecule has 0 atom stereocenters. The number of carbonyl (C=O) groups is 1. The van der Waals surface area contributed by atoms with Gasteiger partial charge < -0.3 is 9.30 Å². The molecule has 35 heavy (non-hydrogen) atoms. The first-order valence-corrected chi connectivity index (χ1v) is 12.6. The number of hydrogen-bond acceptors (Lipinski definition) is 4. The molecule has 5 rings (SSSR count). The summed E-state index contributed by atoms with van der Waals surface area (Å²) in [6, 6.07) is 16.6. The van der Waals surface area contributed by atoms with Crippen molar-refractivity contribution in [3.05, 3.63) is 71.7 Å². The highest BCUT2D eigenvalue weighted by molar-refractivity contribution is 6.01. The number of aryl methyl sites for hydroxylation is 2. The number of rotatable bonds is 9. The molecule has 3 heterocycles. The van der Waals surface area contributed by atoms with Crippen molar-refractivity contribution in [2.45, 2.75) is 65.8 Å². The fourth-order valence-electron chi connectivity index (χ4n) is 4.56. The third-order valence-corrected chi connectivity index (χ3v) is 6.48. The van der Waals surface area contributed by atoms with Crippen LogP contribution < -0.4 is 4.74 Å². The van der Waals surface area contributed by atoms with Crippen molar-refractivity contribution in [2.24, 2.45) is 0 Å². The van der Waals surface area contributed by atoms with Crippen LogP contribution in [0.15, 0.2) is 54.7 Å². The maximum Gasteiger partial charge on any atom is 0.311 e. The molecular formula is C29H32N4O2. The molecule has 0 saturated carbocycles. The van der Waals surface area contributed by atoms with Gasteiger partial charge in [0.1, 0.15) is 16.9 Å². The van der Waals surface area contributed by atoms with Crippen molar-refractivity contribution < 1.29 is 9.53 Å². The number of esters is 1. The molecule has 6 heteroatoms. The van der Waals surface area contributed by atoms with Crippen LogP contribution in [0, 0.1) is 6.92 Å². The number of nitrogens with zero attached hydrogens (tertiary/aromatic N) is 4. The number of ether oxygens (including phenoxy) is 1. The first-order chi connectivity index (χ1) is 17.1. The monoisotopic (exact) mass is 468 g/mol. The highest BCUT2D eigenvalue weighted by atomic mass is 16.5. The minimum Gasteiger partial charge on any atom is -0.424 e. The van der Waals surface area contributed by atoms with Crippen LogP contribution in [0.4, 0.5) is 0 Å². The number of para-hydroxylation sites is 2. The molecule has 0 aliphatic carbocycles. The Balaban J connectivity index is 1.74. The van der Waals surface area contributed by atoms with E-state index in [0.717, 1.165) is 65.6 Å². The first-order valence-electron chi connectivity index (χ1n) is 12.6. The summed E-state index contributed by atoms with van der Waals surface area (Å²) >= 11 is 0. The molecule has 0 N–H and O–H groups in total. The SMILES string of the molecule is CCCCC(=O)Oc1cn(Cc2ccc(C)cc2)c2nc(CCCC)n3c4ccccc4nc3c12. The molecule has 0 radical (unpaired) electrons. The standard InChI is InChI=1S/C29H32N4O2/c1-4-6-12-25-31-28-27(29-30-22-10-8-9-11-23(22)33(25)29)24(35-26(34)13-7-5-2)19-32(28)18-21-16-14-20(3)15-17-21/h8-11,14-17,19H,4-7,12-13,18H2,1-3H3. The Morgan fingerprint density at radius 3 is 2.49 bits per heavy atom. The fraction of sp³-hybridized carbons (Fsp3) is 0.345. The Morgan fingerprint density at radius 2 is 1.71 bits per heavy atom. The second kappa shape index (κ2) is 9.90. The molecule has 5 aromatic rings. The number of aromatic nitrogens is 4. The van der Waals surface area contributed by atoms with Crippen LogP contribution in [0.2, 0.25) is 0 Å². The molecule has 0 bridgehead atoms. The van der Waals surface area contributed by atoms with Gasteiger partial charge in [-0.25, -0.2) is 9.97 Å². The topological polar surface area (TPSA) is 61.4 Å². The van der Waals surface area contributed by atoms with Crippen LogP contribution in [-0.2, 0) is 17.8 Å². The summed E-state index contributed by atoms with van der Waals surface area (Å²) in [5.74, 6) is 1.30. The number of fused-ring (bicyclic) bond motifs is 5. The normalized spacial score (nSPS) is 11.6. The smallest absolute Gasteiger partial charge is 0.311 e. The van der Waals surface area contributed by atoms with E-state index in [-0.39, 0.29) is 5.97 Å². The van der Waals surface area contributed by atoms with Crippen molar-refractivity contribution in [2.75, 3.05) is 0 Å².